The molecular formula is C10H15NO3. The lowest BCUT2D eigenvalue weighted by molar-refractivity contribution is -0.156. The number of hydrogen-bond donors (Lipinski definition) is 1. The van der Waals surface area contributed by atoms with E-state index in [1.54, 1.807) is 6.92 Å². The van der Waals surface area contributed by atoms with Gasteiger partial charge in [0.25, 0.3) is 0 Å². The van der Waals surface area contributed by atoms with Crippen LogP contribution in [0.15, 0.2) is 0 Å². The Morgan fingerprint density at radius 1 is 1.64 bits per heavy atom. The third kappa shape index (κ3) is 1.21. The number of carbonyl (C=O) groups is 2. The molecule has 1 spiro atoms. The average Bonchev–Trinajstić information content (AvgIpc) is 2.42. The van der Waals surface area contributed by atoms with E-state index >= 15 is 0 Å². The van der Waals surface area contributed by atoms with Gasteiger partial charge in [0.2, 0.25) is 5.91 Å². The minimum atomic E-state index is -0.545. The molecule has 0 aromatic carbocycles. The standard InChI is InChI=1S/C10H15NO3/c1-2-14-9(13)7-8(12)11-6-10(7)4-3-5-10/h7H,2-6H2,1H3,(H,11,12). The Balaban J connectivity index is 2.13. The van der Waals surface area contributed by atoms with Crippen LogP contribution in [0.5, 0.6) is 0 Å². The zero-order chi connectivity index (χ0) is 10.2. The number of esters is 1. The maximum absolute atomic E-state index is 11.6. The van der Waals surface area contributed by atoms with Crippen molar-refractivity contribution < 1.29 is 14.3 Å². The molecule has 1 saturated heterocycles. The van der Waals surface area contributed by atoms with Gasteiger partial charge in [-0.3, -0.25) is 9.59 Å². The van der Waals surface area contributed by atoms with Crippen LogP contribution in [-0.4, -0.2) is 25.0 Å². The predicted octanol–water partition coefficient (Wildman–Crippen LogP) is 0.466. The quantitative estimate of drug-likeness (QED) is 0.517. The molecule has 1 heterocycles. The summed E-state index contributed by atoms with van der Waals surface area (Å²) in [6.07, 6.45) is 3.05. The highest BCUT2D eigenvalue weighted by Gasteiger charge is 2.56. The summed E-state index contributed by atoms with van der Waals surface area (Å²) in [5.41, 5.74) is -0.108. The van der Waals surface area contributed by atoms with Crippen molar-refractivity contribution in [1.29, 1.82) is 0 Å². The first kappa shape index (κ1) is 9.49. The van der Waals surface area contributed by atoms with Gasteiger partial charge in [-0.05, 0) is 19.8 Å². The predicted molar refractivity (Wildman–Crippen MR) is 49.4 cm³/mol. The molecule has 2 rings (SSSR count). The lowest BCUT2D eigenvalue weighted by Gasteiger charge is -2.40. The highest BCUT2D eigenvalue weighted by molar-refractivity contribution is 6.00. The monoisotopic (exact) mass is 197 g/mol. The van der Waals surface area contributed by atoms with Crippen molar-refractivity contribution in [2.75, 3.05) is 13.2 Å². The lowest BCUT2D eigenvalue weighted by Crippen LogP contribution is -2.42. The second kappa shape index (κ2) is 3.26. The van der Waals surface area contributed by atoms with E-state index in [4.69, 9.17) is 4.74 Å². The van der Waals surface area contributed by atoms with E-state index in [1.807, 2.05) is 0 Å². The Morgan fingerprint density at radius 3 is 2.86 bits per heavy atom. The summed E-state index contributed by atoms with van der Waals surface area (Å²) in [5.74, 6) is -1.04. The largest absolute Gasteiger partial charge is 0.465 e. The van der Waals surface area contributed by atoms with Crippen molar-refractivity contribution in [2.24, 2.45) is 11.3 Å². The van der Waals surface area contributed by atoms with E-state index < -0.39 is 5.92 Å². The normalized spacial score (nSPS) is 28.4. The number of hydrogen-bond acceptors (Lipinski definition) is 3. The molecule has 4 nitrogen and oxygen atoms in total. The summed E-state index contributed by atoms with van der Waals surface area (Å²) in [5, 5.41) is 2.76. The fourth-order valence-electron chi connectivity index (χ4n) is 2.42. The Labute approximate surface area is 83.0 Å². The van der Waals surface area contributed by atoms with E-state index in [1.165, 1.54) is 0 Å². The molecule has 2 fully saturated rings. The fourth-order valence-corrected chi connectivity index (χ4v) is 2.42. The van der Waals surface area contributed by atoms with Gasteiger partial charge in [0.05, 0.1) is 6.61 Å². The first-order valence-electron chi connectivity index (χ1n) is 5.14. The molecule has 0 aromatic heterocycles. The second-order valence-corrected chi connectivity index (χ2v) is 4.12. The van der Waals surface area contributed by atoms with E-state index in [-0.39, 0.29) is 17.3 Å². The van der Waals surface area contributed by atoms with Crippen LogP contribution in [0.3, 0.4) is 0 Å². The van der Waals surface area contributed by atoms with Crippen molar-refractivity contribution >= 4 is 11.9 Å². The molecule has 78 valence electrons. The van der Waals surface area contributed by atoms with Gasteiger partial charge >= 0.3 is 5.97 Å². The summed E-state index contributed by atoms with van der Waals surface area (Å²) in [6.45, 7) is 2.76. The number of rotatable bonds is 2. The summed E-state index contributed by atoms with van der Waals surface area (Å²) in [7, 11) is 0. The molecule has 1 aliphatic heterocycles. The third-order valence-corrected chi connectivity index (χ3v) is 3.36. The third-order valence-electron chi connectivity index (χ3n) is 3.36. The van der Waals surface area contributed by atoms with Gasteiger partial charge in [-0.2, -0.15) is 0 Å². The van der Waals surface area contributed by atoms with Crippen LogP contribution in [0.1, 0.15) is 26.2 Å². The van der Waals surface area contributed by atoms with Gasteiger partial charge in [-0.1, -0.05) is 6.42 Å². The molecule has 0 radical (unpaired) electrons. The first-order chi connectivity index (χ1) is 6.69. The zero-order valence-electron chi connectivity index (χ0n) is 8.34. The van der Waals surface area contributed by atoms with Crippen LogP contribution < -0.4 is 5.32 Å². The van der Waals surface area contributed by atoms with E-state index in [0.29, 0.717) is 13.2 Å². The number of amides is 1. The Bertz CT molecular complexity index is 271. The number of nitrogens with one attached hydrogen (secondary N) is 1. The number of ether oxygens (including phenoxy) is 1. The molecule has 1 N–H and O–H groups in total. The second-order valence-electron chi connectivity index (χ2n) is 4.12. The molecule has 1 aliphatic carbocycles. The maximum Gasteiger partial charge on any atom is 0.319 e. The van der Waals surface area contributed by atoms with E-state index in [0.717, 1.165) is 19.3 Å². The Morgan fingerprint density at radius 2 is 2.36 bits per heavy atom. The molecule has 1 unspecified atom stereocenters. The molecule has 0 aromatic rings. The topological polar surface area (TPSA) is 55.4 Å². The molecule has 1 saturated carbocycles. The summed E-state index contributed by atoms with van der Waals surface area (Å²) in [6, 6.07) is 0. The molecule has 4 heteroatoms. The minimum absolute atomic E-state index is 0.108. The minimum Gasteiger partial charge on any atom is -0.465 e. The highest BCUT2D eigenvalue weighted by atomic mass is 16.5. The summed E-state index contributed by atoms with van der Waals surface area (Å²) < 4.78 is 4.93. The molecule has 14 heavy (non-hydrogen) atoms. The van der Waals surface area contributed by atoms with Gasteiger partial charge in [0.15, 0.2) is 0 Å². The van der Waals surface area contributed by atoms with Crippen LogP contribution in [0, 0.1) is 11.3 Å². The summed E-state index contributed by atoms with van der Waals surface area (Å²) in [4.78, 5) is 23.1. The number of carbonyl (C=O) groups excluding carboxylic acids is 2. The fraction of sp³-hybridized carbons (Fsp3) is 0.800. The van der Waals surface area contributed by atoms with Gasteiger partial charge in [0.1, 0.15) is 5.92 Å². The lowest BCUT2D eigenvalue weighted by atomic mass is 9.63. The smallest absolute Gasteiger partial charge is 0.319 e. The van der Waals surface area contributed by atoms with Crippen LogP contribution in [0.4, 0.5) is 0 Å². The van der Waals surface area contributed by atoms with Crippen molar-refractivity contribution in [1.82, 2.24) is 5.32 Å². The van der Waals surface area contributed by atoms with Crippen LogP contribution in [0.2, 0.25) is 0 Å². The van der Waals surface area contributed by atoms with E-state index in [2.05, 4.69) is 5.32 Å². The van der Waals surface area contributed by atoms with Crippen LogP contribution in [-0.2, 0) is 14.3 Å². The van der Waals surface area contributed by atoms with Gasteiger partial charge in [0, 0.05) is 12.0 Å². The first-order valence-corrected chi connectivity index (χ1v) is 5.14. The van der Waals surface area contributed by atoms with Crippen LogP contribution >= 0.6 is 0 Å². The van der Waals surface area contributed by atoms with Gasteiger partial charge < -0.3 is 10.1 Å². The van der Waals surface area contributed by atoms with Crippen LogP contribution in [0.25, 0.3) is 0 Å². The molecule has 2 aliphatic rings. The van der Waals surface area contributed by atoms with Gasteiger partial charge in [-0.15, -0.1) is 0 Å². The van der Waals surface area contributed by atoms with Crippen molar-refractivity contribution in [2.45, 2.75) is 26.2 Å². The summed E-state index contributed by atoms with van der Waals surface area (Å²) >= 11 is 0. The van der Waals surface area contributed by atoms with Crippen molar-refractivity contribution in [3.8, 4) is 0 Å². The Kier molecular flexibility index (Phi) is 2.21. The molecular weight excluding hydrogens is 182 g/mol. The molecule has 1 atom stereocenters. The molecule has 0 bridgehead atoms. The van der Waals surface area contributed by atoms with Gasteiger partial charge in [-0.25, -0.2) is 0 Å². The zero-order valence-corrected chi connectivity index (χ0v) is 8.34. The Hall–Kier alpha value is -1.06. The van der Waals surface area contributed by atoms with Crippen molar-refractivity contribution in [3.63, 3.8) is 0 Å². The SMILES string of the molecule is CCOC(=O)C1C(=O)NCC12CCC2. The van der Waals surface area contributed by atoms with E-state index in [9.17, 15) is 9.59 Å². The highest BCUT2D eigenvalue weighted by Crippen LogP contribution is 2.49. The average molecular weight is 197 g/mol. The van der Waals surface area contributed by atoms with Crippen molar-refractivity contribution in [3.05, 3.63) is 0 Å². The maximum atomic E-state index is 11.6. The molecule has 1 amide bonds.